The molecule has 0 saturated carbocycles. The van der Waals surface area contributed by atoms with Crippen LogP contribution < -0.4 is 4.74 Å². The molecule has 144 valence electrons. The number of methoxy groups -OCH3 is 1. The van der Waals surface area contributed by atoms with Crippen molar-refractivity contribution in [1.82, 2.24) is 14.5 Å². The molecule has 0 saturated heterocycles. The zero-order valence-electron chi connectivity index (χ0n) is 15.3. The fourth-order valence-electron chi connectivity index (χ4n) is 3.54. The highest BCUT2D eigenvalue weighted by molar-refractivity contribution is 5.42. The maximum Gasteiger partial charge on any atom is 0.434 e. The van der Waals surface area contributed by atoms with E-state index in [1.165, 1.54) is 0 Å². The van der Waals surface area contributed by atoms with Gasteiger partial charge in [-0.3, -0.25) is 0 Å². The zero-order valence-corrected chi connectivity index (χ0v) is 15.3. The molecule has 1 aromatic carbocycles. The maximum atomic E-state index is 12.8. The Morgan fingerprint density at radius 1 is 1.41 bits per heavy atom. The van der Waals surface area contributed by atoms with Crippen LogP contribution in [0.2, 0.25) is 0 Å². The number of hydrogen-bond donors (Lipinski definition) is 0. The number of rotatable bonds is 5. The second-order valence-electron chi connectivity index (χ2n) is 6.93. The average molecular weight is 378 g/mol. The van der Waals surface area contributed by atoms with Gasteiger partial charge in [-0.1, -0.05) is 6.07 Å². The Bertz CT molecular complexity index is 854. The topological polar surface area (TPSA) is 54.1 Å². The average Bonchev–Trinajstić information content (AvgIpc) is 3.05. The first-order chi connectivity index (χ1) is 12.8. The molecule has 0 radical (unpaired) electrons. The fourth-order valence-corrected chi connectivity index (χ4v) is 3.54. The molecule has 1 aliphatic heterocycles. The van der Waals surface area contributed by atoms with Gasteiger partial charge in [-0.2, -0.15) is 18.4 Å². The zero-order chi connectivity index (χ0) is 19.6. The molecular weight excluding hydrogens is 357 g/mol. The van der Waals surface area contributed by atoms with Crippen molar-refractivity contribution in [2.45, 2.75) is 32.1 Å². The van der Waals surface area contributed by atoms with Gasteiger partial charge in [0.2, 0.25) is 0 Å². The van der Waals surface area contributed by atoms with E-state index in [4.69, 9.17) is 10.00 Å². The highest BCUT2D eigenvalue weighted by Crippen LogP contribution is 2.31. The number of nitriles is 1. The van der Waals surface area contributed by atoms with Crippen LogP contribution >= 0.6 is 0 Å². The summed E-state index contributed by atoms with van der Waals surface area (Å²) in [7, 11) is 3.54. The molecule has 0 bridgehead atoms. The number of aromatic nitrogens is 2. The Morgan fingerprint density at radius 2 is 2.19 bits per heavy atom. The molecule has 0 fully saturated rings. The Kier molecular flexibility index (Phi) is 5.42. The van der Waals surface area contributed by atoms with E-state index in [0.29, 0.717) is 36.6 Å². The minimum absolute atomic E-state index is 0.252. The predicted molar refractivity (Wildman–Crippen MR) is 93.1 cm³/mol. The minimum atomic E-state index is -4.40. The summed E-state index contributed by atoms with van der Waals surface area (Å²) in [6.07, 6.45) is -1.92. The van der Waals surface area contributed by atoms with Gasteiger partial charge in [0.05, 0.1) is 18.7 Å². The van der Waals surface area contributed by atoms with E-state index in [2.05, 4.69) is 16.0 Å². The van der Waals surface area contributed by atoms with E-state index < -0.39 is 11.9 Å². The number of halogens is 3. The molecule has 2 heterocycles. The van der Waals surface area contributed by atoms with Crippen LogP contribution in [0.5, 0.6) is 5.75 Å². The molecule has 27 heavy (non-hydrogen) atoms. The summed E-state index contributed by atoms with van der Waals surface area (Å²) in [6.45, 7) is 1.92. The summed E-state index contributed by atoms with van der Waals surface area (Å²) in [5.74, 6) is 1.42. The molecule has 3 rings (SSSR count). The van der Waals surface area contributed by atoms with E-state index in [1.807, 2.05) is 13.1 Å². The minimum Gasteiger partial charge on any atom is -0.496 e. The van der Waals surface area contributed by atoms with Crippen LogP contribution in [0.4, 0.5) is 13.2 Å². The van der Waals surface area contributed by atoms with Crippen molar-refractivity contribution in [3.8, 4) is 11.8 Å². The summed E-state index contributed by atoms with van der Waals surface area (Å²) in [5.41, 5.74) is 0.699. The Morgan fingerprint density at radius 3 is 2.85 bits per heavy atom. The largest absolute Gasteiger partial charge is 0.496 e. The number of nitrogens with zero attached hydrogens (tertiary/aromatic N) is 4. The number of imidazole rings is 1. The van der Waals surface area contributed by atoms with Crippen LogP contribution in [0.15, 0.2) is 24.4 Å². The normalized spacial score (nSPS) is 16.9. The van der Waals surface area contributed by atoms with E-state index in [9.17, 15) is 13.2 Å². The van der Waals surface area contributed by atoms with Gasteiger partial charge in [-0.25, -0.2) is 4.98 Å². The molecule has 0 amide bonds. The van der Waals surface area contributed by atoms with Crippen molar-refractivity contribution in [3.63, 3.8) is 0 Å². The first-order valence-electron chi connectivity index (χ1n) is 8.69. The fraction of sp³-hybridized carbons (Fsp3) is 0.474. The number of hydrogen-bond acceptors (Lipinski definition) is 4. The van der Waals surface area contributed by atoms with Gasteiger partial charge < -0.3 is 14.2 Å². The summed E-state index contributed by atoms with van der Waals surface area (Å²) >= 11 is 0. The molecule has 1 atom stereocenters. The predicted octanol–water partition coefficient (Wildman–Crippen LogP) is 3.48. The molecule has 0 N–H and O–H groups in total. The van der Waals surface area contributed by atoms with Crippen LogP contribution in [0.25, 0.3) is 0 Å². The highest BCUT2D eigenvalue weighted by atomic mass is 19.4. The molecule has 8 heteroatoms. The van der Waals surface area contributed by atoms with Crippen molar-refractivity contribution in [2.75, 3.05) is 20.7 Å². The third-order valence-corrected chi connectivity index (χ3v) is 4.81. The van der Waals surface area contributed by atoms with Crippen molar-refractivity contribution >= 4 is 0 Å². The first kappa shape index (κ1) is 19.2. The second-order valence-corrected chi connectivity index (χ2v) is 6.93. The summed E-state index contributed by atoms with van der Waals surface area (Å²) in [5, 5.41) is 8.99. The van der Waals surface area contributed by atoms with Crippen LogP contribution in [0.1, 0.15) is 29.1 Å². The number of alkyl halides is 3. The van der Waals surface area contributed by atoms with E-state index in [0.717, 1.165) is 24.7 Å². The van der Waals surface area contributed by atoms with Gasteiger partial charge in [0, 0.05) is 37.8 Å². The number of benzene rings is 1. The lowest BCUT2D eigenvalue weighted by Gasteiger charge is -2.28. The van der Waals surface area contributed by atoms with Crippen LogP contribution in [0, 0.1) is 17.2 Å². The lowest BCUT2D eigenvalue weighted by Crippen LogP contribution is -2.31. The van der Waals surface area contributed by atoms with Gasteiger partial charge in [0.1, 0.15) is 11.6 Å². The van der Waals surface area contributed by atoms with Crippen LogP contribution in [0.3, 0.4) is 0 Å². The summed E-state index contributed by atoms with van der Waals surface area (Å²) < 4.78 is 45.5. The van der Waals surface area contributed by atoms with E-state index in [-0.39, 0.29) is 5.92 Å². The third-order valence-electron chi connectivity index (χ3n) is 4.81. The summed E-state index contributed by atoms with van der Waals surface area (Å²) in [4.78, 5) is 5.85. The van der Waals surface area contributed by atoms with Crippen molar-refractivity contribution in [3.05, 3.63) is 47.0 Å². The third kappa shape index (κ3) is 4.42. The lowest BCUT2D eigenvalue weighted by molar-refractivity contribution is -0.141. The molecule has 2 aromatic rings. The highest BCUT2D eigenvalue weighted by Gasteiger charge is 2.35. The molecule has 0 aliphatic carbocycles. The van der Waals surface area contributed by atoms with Crippen molar-refractivity contribution in [1.29, 1.82) is 5.26 Å². The Labute approximate surface area is 156 Å². The molecule has 1 aliphatic rings. The lowest BCUT2D eigenvalue weighted by atomic mass is 9.98. The first-order valence-corrected chi connectivity index (χ1v) is 8.69. The van der Waals surface area contributed by atoms with Crippen molar-refractivity contribution < 1.29 is 17.9 Å². The van der Waals surface area contributed by atoms with E-state index in [1.54, 1.807) is 23.8 Å². The van der Waals surface area contributed by atoms with Gasteiger partial charge >= 0.3 is 6.18 Å². The standard InChI is InChI=1S/C19H21F3N4O/c1-25(11-15-5-3-13(8-23)7-16(15)27-2)9-14-4-6-18-24-17(19(20,21)22)12-26(18)10-14/h3,5,7,12,14H,4,6,9-11H2,1-2H3/t14-/m0/s1. The van der Waals surface area contributed by atoms with Gasteiger partial charge in [-0.05, 0) is 31.5 Å². The molecule has 0 unspecified atom stereocenters. The smallest absolute Gasteiger partial charge is 0.434 e. The second kappa shape index (κ2) is 7.61. The van der Waals surface area contributed by atoms with Crippen molar-refractivity contribution in [2.24, 2.45) is 5.92 Å². The van der Waals surface area contributed by atoms with E-state index >= 15 is 0 Å². The quantitative estimate of drug-likeness (QED) is 0.799. The van der Waals surface area contributed by atoms with Gasteiger partial charge in [0.25, 0.3) is 0 Å². The summed E-state index contributed by atoms with van der Waals surface area (Å²) in [6, 6.07) is 7.42. The molecular formula is C19H21F3N4O. The monoisotopic (exact) mass is 378 g/mol. The molecule has 0 spiro atoms. The van der Waals surface area contributed by atoms with Gasteiger partial charge in [-0.15, -0.1) is 0 Å². The van der Waals surface area contributed by atoms with Gasteiger partial charge in [0.15, 0.2) is 5.69 Å². The number of aryl methyl sites for hydroxylation is 1. The molecule has 1 aromatic heterocycles. The Balaban J connectivity index is 1.63. The molecule has 5 nitrogen and oxygen atoms in total. The maximum absolute atomic E-state index is 12.8. The Hall–Kier alpha value is -2.53. The SMILES string of the molecule is COc1cc(C#N)ccc1CN(C)C[C@@H]1CCc2nc(C(F)(F)F)cn2C1. The number of fused-ring (bicyclic) bond motifs is 1. The van der Waals surface area contributed by atoms with Crippen LogP contribution in [-0.4, -0.2) is 35.2 Å². The van der Waals surface area contributed by atoms with Crippen LogP contribution in [-0.2, 0) is 25.7 Å². The number of ether oxygens (including phenoxy) is 1.